The SMILES string of the molecule is CCc1ccccc1O[C@@H](C)C(=O)Nc1cccc(Cl)c1C. The summed E-state index contributed by atoms with van der Waals surface area (Å²) in [6.07, 6.45) is 0.267. The van der Waals surface area contributed by atoms with Gasteiger partial charge >= 0.3 is 0 Å². The number of para-hydroxylation sites is 1. The van der Waals surface area contributed by atoms with E-state index in [1.165, 1.54) is 0 Å². The molecular formula is C18H20ClNO2. The van der Waals surface area contributed by atoms with Gasteiger partial charge in [0.1, 0.15) is 5.75 Å². The van der Waals surface area contributed by atoms with Crippen LogP contribution in [0.2, 0.25) is 5.02 Å². The van der Waals surface area contributed by atoms with Crippen molar-refractivity contribution in [2.75, 3.05) is 5.32 Å². The van der Waals surface area contributed by atoms with E-state index in [4.69, 9.17) is 16.3 Å². The fourth-order valence-corrected chi connectivity index (χ4v) is 2.31. The van der Waals surface area contributed by atoms with Gasteiger partial charge in [-0.25, -0.2) is 0 Å². The Kier molecular flexibility index (Phi) is 5.45. The zero-order chi connectivity index (χ0) is 16.1. The number of nitrogens with one attached hydrogen (secondary N) is 1. The van der Waals surface area contributed by atoms with Crippen molar-refractivity contribution in [1.29, 1.82) is 0 Å². The van der Waals surface area contributed by atoms with Gasteiger partial charge in [0.25, 0.3) is 5.91 Å². The van der Waals surface area contributed by atoms with E-state index in [0.717, 1.165) is 23.3 Å². The van der Waals surface area contributed by atoms with Gasteiger partial charge in [-0.1, -0.05) is 42.8 Å². The maximum Gasteiger partial charge on any atom is 0.265 e. The highest BCUT2D eigenvalue weighted by atomic mass is 35.5. The van der Waals surface area contributed by atoms with Crippen molar-refractivity contribution in [2.45, 2.75) is 33.3 Å². The average molecular weight is 318 g/mol. The number of hydrogen-bond acceptors (Lipinski definition) is 2. The first kappa shape index (κ1) is 16.4. The van der Waals surface area contributed by atoms with Crippen molar-refractivity contribution in [3.8, 4) is 5.75 Å². The van der Waals surface area contributed by atoms with Crippen molar-refractivity contribution in [3.63, 3.8) is 0 Å². The van der Waals surface area contributed by atoms with Crippen molar-refractivity contribution in [3.05, 3.63) is 58.6 Å². The lowest BCUT2D eigenvalue weighted by Crippen LogP contribution is -2.30. The predicted molar refractivity (Wildman–Crippen MR) is 90.7 cm³/mol. The van der Waals surface area contributed by atoms with Crippen LogP contribution in [0.4, 0.5) is 5.69 Å². The second-order valence-corrected chi connectivity index (χ2v) is 5.53. The molecule has 3 nitrogen and oxygen atoms in total. The van der Waals surface area contributed by atoms with Crippen LogP contribution >= 0.6 is 11.6 Å². The topological polar surface area (TPSA) is 38.3 Å². The van der Waals surface area contributed by atoms with Crippen molar-refractivity contribution < 1.29 is 9.53 Å². The van der Waals surface area contributed by atoms with Gasteiger partial charge in [-0.05, 0) is 49.6 Å². The smallest absolute Gasteiger partial charge is 0.265 e. The summed E-state index contributed by atoms with van der Waals surface area (Å²) >= 11 is 6.06. The molecule has 0 unspecified atom stereocenters. The van der Waals surface area contributed by atoms with Crippen LogP contribution in [0.15, 0.2) is 42.5 Å². The number of anilines is 1. The number of hydrogen-bond donors (Lipinski definition) is 1. The first-order chi connectivity index (χ1) is 10.5. The predicted octanol–water partition coefficient (Wildman–Crippen LogP) is 4.62. The van der Waals surface area contributed by atoms with Crippen LogP contribution in [-0.4, -0.2) is 12.0 Å². The molecule has 116 valence electrons. The number of ether oxygens (including phenoxy) is 1. The number of amides is 1. The number of benzene rings is 2. The van der Waals surface area contributed by atoms with Gasteiger partial charge in [-0.2, -0.15) is 0 Å². The molecule has 0 aliphatic heterocycles. The van der Waals surface area contributed by atoms with Crippen LogP contribution in [0.1, 0.15) is 25.0 Å². The zero-order valence-electron chi connectivity index (χ0n) is 13.0. The summed E-state index contributed by atoms with van der Waals surface area (Å²) < 4.78 is 5.80. The number of rotatable bonds is 5. The average Bonchev–Trinajstić information content (AvgIpc) is 2.52. The Bertz CT molecular complexity index is 670. The summed E-state index contributed by atoms with van der Waals surface area (Å²) in [4.78, 5) is 12.3. The Hall–Kier alpha value is -2.00. The lowest BCUT2D eigenvalue weighted by Gasteiger charge is -2.17. The van der Waals surface area contributed by atoms with Crippen LogP contribution in [0, 0.1) is 6.92 Å². The highest BCUT2D eigenvalue weighted by Crippen LogP contribution is 2.24. The summed E-state index contributed by atoms with van der Waals surface area (Å²) in [5.41, 5.74) is 2.64. The number of aryl methyl sites for hydroxylation is 1. The third-order valence-corrected chi connectivity index (χ3v) is 3.96. The Labute approximate surface area is 136 Å². The second kappa shape index (κ2) is 7.32. The molecule has 4 heteroatoms. The molecule has 0 aliphatic rings. The van der Waals surface area contributed by atoms with Crippen molar-refractivity contribution in [2.24, 2.45) is 0 Å². The molecule has 0 fully saturated rings. The first-order valence-corrected chi connectivity index (χ1v) is 7.71. The molecule has 0 saturated heterocycles. The molecule has 0 spiro atoms. The Morgan fingerprint density at radius 2 is 1.95 bits per heavy atom. The first-order valence-electron chi connectivity index (χ1n) is 7.33. The molecule has 1 amide bonds. The lowest BCUT2D eigenvalue weighted by molar-refractivity contribution is -0.122. The lowest BCUT2D eigenvalue weighted by atomic mass is 10.1. The molecule has 0 heterocycles. The summed E-state index contributed by atoms with van der Waals surface area (Å²) in [7, 11) is 0. The summed E-state index contributed by atoms with van der Waals surface area (Å²) in [5, 5.41) is 3.49. The van der Waals surface area contributed by atoms with Gasteiger partial charge < -0.3 is 10.1 Å². The maximum atomic E-state index is 12.3. The van der Waals surface area contributed by atoms with E-state index >= 15 is 0 Å². The fraction of sp³-hybridized carbons (Fsp3) is 0.278. The van der Waals surface area contributed by atoms with Gasteiger partial charge in [0.2, 0.25) is 0 Å². The van der Waals surface area contributed by atoms with E-state index in [1.807, 2.05) is 43.3 Å². The van der Waals surface area contributed by atoms with E-state index in [1.54, 1.807) is 13.0 Å². The Morgan fingerprint density at radius 1 is 1.23 bits per heavy atom. The maximum absolute atomic E-state index is 12.3. The van der Waals surface area contributed by atoms with Gasteiger partial charge in [0, 0.05) is 10.7 Å². The van der Waals surface area contributed by atoms with Crippen LogP contribution in [-0.2, 0) is 11.2 Å². The molecule has 2 aromatic rings. The molecule has 0 saturated carbocycles. The van der Waals surface area contributed by atoms with Crippen LogP contribution in [0.3, 0.4) is 0 Å². The molecule has 0 bridgehead atoms. The van der Waals surface area contributed by atoms with E-state index in [2.05, 4.69) is 12.2 Å². The summed E-state index contributed by atoms with van der Waals surface area (Å²) in [5.74, 6) is 0.548. The zero-order valence-corrected chi connectivity index (χ0v) is 13.8. The Morgan fingerprint density at radius 3 is 2.68 bits per heavy atom. The molecule has 1 N–H and O–H groups in total. The molecule has 22 heavy (non-hydrogen) atoms. The largest absolute Gasteiger partial charge is 0.481 e. The normalized spacial score (nSPS) is 11.8. The van der Waals surface area contributed by atoms with Gasteiger partial charge in [-0.3, -0.25) is 4.79 Å². The van der Waals surface area contributed by atoms with E-state index in [0.29, 0.717) is 10.7 Å². The molecule has 0 radical (unpaired) electrons. The molecule has 0 aromatic heterocycles. The summed E-state index contributed by atoms with van der Waals surface area (Å²) in [6, 6.07) is 13.2. The van der Waals surface area contributed by atoms with Crippen LogP contribution < -0.4 is 10.1 Å². The van der Waals surface area contributed by atoms with Crippen LogP contribution in [0.5, 0.6) is 5.75 Å². The van der Waals surface area contributed by atoms with Gasteiger partial charge in [0.05, 0.1) is 0 Å². The van der Waals surface area contributed by atoms with E-state index in [-0.39, 0.29) is 5.91 Å². The standard InChI is InChI=1S/C18H20ClNO2/c1-4-14-8-5-6-11-17(14)22-13(3)18(21)20-16-10-7-9-15(19)12(16)2/h5-11,13H,4H2,1-3H3,(H,20,21)/t13-/m0/s1. The highest BCUT2D eigenvalue weighted by Gasteiger charge is 2.17. The minimum atomic E-state index is -0.592. The van der Waals surface area contributed by atoms with Gasteiger partial charge in [0.15, 0.2) is 6.10 Å². The van der Waals surface area contributed by atoms with Crippen LogP contribution in [0.25, 0.3) is 0 Å². The molecule has 2 rings (SSSR count). The molecule has 0 aliphatic carbocycles. The van der Waals surface area contributed by atoms with Crippen molar-refractivity contribution in [1.82, 2.24) is 0 Å². The van der Waals surface area contributed by atoms with Crippen molar-refractivity contribution >= 4 is 23.2 Å². The quantitative estimate of drug-likeness (QED) is 0.874. The minimum absolute atomic E-state index is 0.198. The number of halogens is 1. The van der Waals surface area contributed by atoms with E-state index < -0.39 is 6.10 Å². The number of carbonyl (C=O) groups is 1. The van der Waals surface area contributed by atoms with E-state index in [9.17, 15) is 4.79 Å². The minimum Gasteiger partial charge on any atom is -0.481 e. The highest BCUT2D eigenvalue weighted by molar-refractivity contribution is 6.31. The summed E-state index contributed by atoms with van der Waals surface area (Å²) in [6.45, 7) is 5.67. The monoisotopic (exact) mass is 317 g/mol. The second-order valence-electron chi connectivity index (χ2n) is 5.12. The molecule has 2 aromatic carbocycles. The molecule has 1 atom stereocenters. The van der Waals surface area contributed by atoms with Gasteiger partial charge in [-0.15, -0.1) is 0 Å². The third-order valence-electron chi connectivity index (χ3n) is 3.55. The Balaban J connectivity index is 2.08. The fourth-order valence-electron chi connectivity index (χ4n) is 2.13. The third kappa shape index (κ3) is 3.80. The number of carbonyl (C=O) groups excluding carboxylic acids is 1. The molecular weight excluding hydrogens is 298 g/mol.